The minimum Gasteiger partial charge on any atom is -0.464 e. The van der Waals surface area contributed by atoms with E-state index >= 15 is 0 Å². The third-order valence-corrected chi connectivity index (χ3v) is 5.27. The van der Waals surface area contributed by atoms with Gasteiger partial charge in [-0.3, -0.25) is 4.79 Å². The number of nitrogens with zero attached hydrogens (tertiary/aromatic N) is 4. The maximum Gasteiger partial charge on any atom is 0.322 e. The van der Waals surface area contributed by atoms with Crippen LogP contribution in [0.5, 0.6) is 5.88 Å². The van der Waals surface area contributed by atoms with Crippen LogP contribution < -0.4 is 10.1 Å². The van der Waals surface area contributed by atoms with Crippen LogP contribution in [0.15, 0.2) is 30.5 Å². The Balaban J connectivity index is 1.47. The Morgan fingerprint density at radius 3 is 2.79 bits per heavy atom. The highest BCUT2D eigenvalue weighted by Crippen LogP contribution is 2.34. The highest BCUT2D eigenvalue weighted by molar-refractivity contribution is 5.91. The molecule has 3 heterocycles. The van der Waals surface area contributed by atoms with Crippen LogP contribution in [0.4, 0.5) is 19.3 Å². The van der Waals surface area contributed by atoms with Crippen molar-refractivity contribution in [3.8, 4) is 5.88 Å². The maximum atomic E-state index is 13.8. The van der Waals surface area contributed by atoms with E-state index in [-0.39, 0.29) is 36.6 Å². The van der Waals surface area contributed by atoms with Crippen molar-refractivity contribution in [2.75, 3.05) is 25.5 Å². The van der Waals surface area contributed by atoms with Gasteiger partial charge in [0.1, 0.15) is 17.5 Å². The lowest BCUT2D eigenvalue weighted by atomic mass is 10.0. The standard InChI is InChI=1S/C19H19F2N5O3/c1-10-22-6-5-16(23-10)29-17-12-8-26(9-15(12)25(2)18(17)27)19(28)24-14-4-3-11(20)7-13(14)21/h3-7,12,15,17H,8-9H2,1-2H3,(H,24,28)/t12-,15+,17-/m0/s1. The van der Waals surface area contributed by atoms with Crippen LogP contribution in [-0.2, 0) is 4.79 Å². The molecular formula is C19H19F2N5O3. The number of rotatable bonds is 3. The average molecular weight is 403 g/mol. The van der Waals surface area contributed by atoms with Crippen molar-refractivity contribution in [2.24, 2.45) is 5.92 Å². The fourth-order valence-electron chi connectivity index (χ4n) is 3.79. The first-order chi connectivity index (χ1) is 13.8. The van der Waals surface area contributed by atoms with Crippen molar-refractivity contribution in [1.29, 1.82) is 0 Å². The molecule has 1 N–H and O–H groups in total. The second kappa shape index (κ2) is 7.26. The number of nitrogens with one attached hydrogen (secondary N) is 1. The third kappa shape index (κ3) is 3.57. The molecule has 2 saturated heterocycles. The number of amides is 3. The third-order valence-electron chi connectivity index (χ3n) is 5.27. The van der Waals surface area contributed by atoms with Gasteiger partial charge in [0, 0.05) is 44.4 Å². The minimum atomic E-state index is -0.856. The highest BCUT2D eigenvalue weighted by Gasteiger charge is 2.53. The van der Waals surface area contributed by atoms with E-state index < -0.39 is 23.8 Å². The molecule has 152 valence electrons. The number of benzene rings is 1. The normalized spacial score (nSPS) is 23.3. The number of likely N-dealkylation sites (tertiary alicyclic amines) is 2. The van der Waals surface area contributed by atoms with Crippen molar-refractivity contribution in [2.45, 2.75) is 19.1 Å². The van der Waals surface area contributed by atoms with Gasteiger partial charge in [0.05, 0.1) is 11.7 Å². The van der Waals surface area contributed by atoms with Crippen LogP contribution in [0.1, 0.15) is 5.82 Å². The zero-order valence-electron chi connectivity index (χ0n) is 15.8. The average Bonchev–Trinajstić information content (AvgIpc) is 3.20. The second-order valence-electron chi connectivity index (χ2n) is 7.12. The summed E-state index contributed by atoms with van der Waals surface area (Å²) in [6, 6.07) is 3.76. The van der Waals surface area contributed by atoms with E-state index in [1.165, 1.54) is 11.0 Å². The smallest absolute Gasteiger partial charge is 0.322 e. The summed E-state index contributed by atoms with van der Waals surface area (Å²) in [5.41, 5.74) is -0.109. The summed E-state index contributed by atoms with van der Waals surface area (Å²) in [6.07, 6.45) is 0.767. The number of carbonyl (C=O) groups is 2. The zero-order chi connectivity index (χ0) is 20.7. The molecule has 0 radical (unpaired) electrons. The van der Waals surface area contributed by atoms with Gasteiger partial charge >= 0.3 is 6.03 Å². The molecule has 0 spiro atoms. The number of halogens is 2. The molecule has 10 heteroatoms. The molecule has 2 aliphatic heterocycles. The molecule has 3 amide bonds. The Hall–Kier alpha value is -3.30. The van der Waals surface area contributed by atoms with Crippen LogP contribution in [0, 0.1) is 24.5 Å². The summed E-state index contributed by atoms with van der Waals surface area (Å²) < 4.78 is 32.7. The first kappa shape index (κ1) is 19.0. The van der Waals surface area contributed by atoms with Crippen LogP contribution in [-0.4, -0.2) is 64.0 Å². The number of hydrogen-bond acceptors (Lipinski definition) is 5. The van der Waals surface area contributed by atoms with Gasteiger partial charge in [-0.1, -0.05) is 0 Å². The van der Waals surface area contributed by atoms with E-state index in [1.54, 1.807) is 31.1 Å². The molecule has 29 heavy (non-hydrogen) atoms. The molecule has 0 saturated carbocycles. The second-order valence-corrected chi connectivity index (χ2v) is 7.12. The van der Waals surface area contributed by atoms with E-state index in [4.69, 9.17) is 4.74 Å². The number of aryl methyl sites for hydroxylation is 1. The Labute approximate surface area is 165 Å². The van der Waals surface area contributed by atoms with Crippen molar-refractivity contribution in [1.82, 2.24) is 19.8 Å². The zero-order valence-corrected chi connectivity index (χ0v) is 15.8. The van der Waals surface area contributed by atoms with Crippen LogP contribution in [0.2, 0.25) is 0 Å². The van der Waals surface area contributed by atoms with Crippen molar-refractivity contribution >= 4 is 17.6 Å². The SMILES string of the molecule is Cc1nccc(O[C@@H]2C(=O)N(C)[C@@H]3CN(C(=O)Nc4ccc(F)cc4F)C[C@H]23)n1. The molecule has 1 aromatic carbocycles. The van der Waals surface area contributed by atoms with Crippen LogP contribution >= 0.6 is 0 Å². The monoisotopic (exact) mass is 403 g/mol. The fraction of sp³-hybridized carbons (Fsp3) is 0.368. The topological polar surface area (TPSA) is 87.7 Å². The van der Waals surface area contributed by atoms with Gasteiger partial charge in [-0.2, -0.15) is 4.98 Å². The number of urea groups is 1. The number of anilines is 1. The number of likely N-dealkylation sites (N-methyl/N-ethyl adjacent to an activating group) is 1. The van der Waals surface area contributed by atoms with Crippen molar-refractivity contribution in [3.63, 3.8) is 0 Å². The van der Waals surface area contributed by atoms with E-state index in [0.29, 0.717) is 17.8 Å². The van der Waals surface area contributed by atoms with Crippen molar-refractivity contribution < 1.29 is 23.1 Å². The van der Waals surface area contributed by atoms with Gasteiger partial charge in [0.15, 0.2) is 6.10 Å². The van der Waals surface area contributed by atoms with Gasteiger partial charge in [0.2, 0.25) is 5.88 Å². The molecule has 2 aliphatic rings. The summed E-state index contributed by atoms with van der Waals surface area (Å²) in [5, 5.41) is 2.45. The maximum absolute atomic E-state index is 13.8. The van der Waals surface area contributed by atoms with E-state index in [1.807, 2.05) is 0 Å². The summed E-state index contributed by atoms with van der Waals surface area (Å²) in [4.78, 5) is 36.4. The molecule has 8 nitrogen and oxygen atoms in total. The number of aromatic nitrogens is 2. The quantitative estimate of drug-likeness (QED) is 0.845. The molecule has 0 unspecified atom stereocenters. The lowest BCUT2D eigenvalue weighted by Crippen LogP contribution is -2.41. The Kier molecular flexibility index (Phi) is 4.77. The van der Waals surface area contributed by atoms with Gasteiger partial charge in [-0.05, 0) is 19.1 Å². The molecule has 1 aromatic heterocycles. The number of ether oxygens (including phenoxy) is 1. The minimum absolute atomic E-state index is 0.109. The largest absolute Gasteiger partial charge is 0.464 e. The lowest BCUT2D eigenvalue weighted by molar-refractivity contribution is -0.133. The number of carbonyl (C=O) groups excluding carboxylic acids is 2. The Bertz CT molecular complexity index is 973. The van der Waals surface area contributed by atoms with Crippen LogP contribution in [0.25, 0.3) is 0 Å². The first-order valence-electron chi connectivity index (χ1n) is 9.07. The van der Waals surface area contributed by atoms with Gasteiger partial charge in [-0.25, -0.2) is 18.6 Å². The first-order valence-corrected chi connectivity index (χ1v) is 9.07. The predicted octanol–water partition coefficient (Wildman–Crippen LogP) is 1.82. The molecule has 2 fully saturated rings. The molecule has 3 atom stereocenters. The number of hydrogen-bond donors (Lipinski definition) is 1. The fourth-order valence-corrected chi connectivity index (χ4v) is 3.79. The molecule has 2 aromatic rings. The van der Waals surface area contributed by atoms with Gasteiger partial charge in [-0.15, -0.1) is 0 Å². The van der Waals surface area contributed by atoms with Gasteiger partial charge < -0.3 is 19.9 Å². The van der Waals surface area contributed by atoms with Crippen LogP contribution in [0.3, 0.4) is 0 Å². The molecule has 0 bridgehead atoms. The lowest BCUT2D eigenvalue weighted by Gasteiger charge is -2.22. The Morgan fingerprint density at radius 1 is 1.28 bits per heavy atom. The molecule has 0 aliphatic carbocycles. The predicted molar refractivity (Wildman–Crippen MR) is 98.2 cm³/mol. The van der Waals surface area contributed by atoms with E-state index in [2.05, 4.69) is 15.3 Å². The van der Waals surface area contributed by atoms with E-state index in [0.717, 1.165) is 6.07 Å². The van der Waals surface area contributed by atoms with Gasteiger partial charge in [0.25, 0.3) is 5.91 Å². The van der Waals surface area contributed by atoms with Crippen molar-refractivity contribution in [3.05, 3.63) is 47.9 Å². The summed E-state index contributed by atoms with van der Waals surface area (Å²) in [5.74, 6) is -1.21. The molecular weight excluding hydrogens is 384 g/mol. The molecule has 4 rings (SSSR count). The van der Waals surface area contributed by atoms with E-state index in [9.17, 15) is 18.4 Å². The Morgan fingerprint density at radius 2 is 2.07 bits per heavy atom. The summed E-state index contributed by atoms with van der Waals surface area (Å²) >= 11 is 0. The highest BCUT2D eigenvalue weighted by atomic mass is 19.1. The summed E-state index contributed by atoms with van der Waals surface area (Å²) in [7, 11) is 1.66. The number of fused-ring (bicyclic) bond motifs is 1. The summed E-state index contributed by atoms with van der Waals surface area (Å²) in [6.45, 7) is 2.25.